The van der Waals surface area contributed by atoms with Gasteiger partial charge in [-0.1, -0.05) is 66.2 Å². The van der Waals surface area contributed by atoms with Gasteiger partial charge in [0.25, 0.3) is 0 Å². The van der Waals surface area contributed by atoms with E-state index in [1.165, 1.54) is 0 Å². The number of benzene rings is 3. The molecular weight excluding hydrogens is 356 g/mol. The summed E-state index contributed by atoms with van der Waals surface area (Å²) in [5.41, 5.74) is 8.45. The Labute approximate surface area is 163 Å². The van der Waals surface area contributed by atoms with Gasteiger partial charge in [0.1, 0.15) is 0 Å². The molecule has 1 atom stereocenters. The number of rotatable bonds is 4. The number of carbonyl (C=O) groups excluding carboxylic acids is 1. The molecule has 3 aromatic carbocycles. The lowest BCUT2D eigenvalue weighted by molar-refractivity contribution is 0.101. The number of carbonyl (C=O) groups is 1. The SMILES string of the molecule is CC(=O)c1ccc(-c2ccccc2N2NC=CC2c2ccc(Cl)cc2)cc1. The largest absolute Gasteiger partial charge is 0.305 e. The zero-order valence-electron chi connectivity index (χ0n) is 14.9. The number of anilines is 1. The third kappa shape index (κ3) is 3.46. The molecule has 0 saturated carbocycles. The highest BCUT2D eigenvalue weighted by Crippen LogP contribution is 2.37. The molecule has 0 amide bonds. The second kappa shape index (κ2) is 7.29. The lowest BCUT2D eigenvalue weighted by atomic mass is 9.99. The quantitative estimate of drug-likeness (QED) is 0.586. The zero-order valence-corrected chi connectivity index (χ0v) is 15.6. The van der Waals surface area contributed by atoms with Crippen LogP contribution in [0.15, 0.2) is 85.1 Å². The van der Waals surface area contributed by atoms with Crippen molar-refractivity contribution in [3.05, 3.63) is 101 Å². The van der Waals surface area contributed by atoms with Gasteiger partial charge in [0.05, 0.1) is 11.7 Å². The number of nitrogens with zero attached hydrogens (tertiary/aromatic N) is 1. The van der Waals surface area contributed by atoms with Gasteiger partial charge in [0.2, 0.25) is 0 Å². The van der Waals surface area contributed by atoms with Crippen molar-refractivity contribution < 1.29 is 4.79 Å². The number of Topliss-reactive ketones (excluding diaryl/α,β-unsaturated/α-hetero) is 1. The van der Waals surface area contributed by atoms with E-state index in [0.29, 0.717) is 0 Å². The fourth-order valence-corrected chi connectivity index (χ4v) is 3.46. The van der Waals surface area contributed by atoms with Crippen LogP contribution in [0, 0.1) is 0 Å². The van der Waals surface area contributed by atoms with Gasteiger partial charge in [0, 0.05) is 22.3 Å². The summed E-state index contributed by atoms with van der Waals surface area (Å²) in [5.74, 6) is 0.0723. The van der Waals surface area contributed by atoms with E-state index in [1.807, 2.05) is 66.9 Å². The lowest BCUT2D eigenvalue weighted by Crippen LogP contribution is -2.32. The summed E-state index contributed by atoms with van der Waals surface area (Å²) in [6.45, 7) is 1.58. The van der Waals surface area contributed by atoms with Crippen molar-refractivity contribution in [3.63, 3.8) is 0 Å². The smallest absolute Gasteiger partial charge is 0.159 e. The van der Waals surface area contributed by atoms with E-state index in [0.717, 1.165) is 33.0 Å². The maximum atomic E-state index is 11.6. The van der Waals surface area contributed by atoms with Gasteiger partial charge in [-0.3, -0.25) is 9.80 Å². The first-order valence-electron chi connectivity index (χ1n) is 8.81. The van der Waals surface area contributed by atoms with Crippen molar-refractivity contribution >= 4 is 23.1 Å². The minimum absolute atomic E-state index is 0.0694. The number of para-hydroxylation sites is 1. The van der Waals surface area contributed by atoms with E-state index in [4.69, 9.17) is 11.6 Å². The van der Waals surface area contributed by atoms with Crippen LogP contribution >= 0.6 is 11.6 Å². The van der Waals surface area contributed by atoms with Crippen molar-refractivity contribution in [2.45, 2.75) is 13.0 Å². The number of hydrazine groups is 1. The highest BCUT2D eigenvalue weighted by Gasteiger charge is 2.24. The summed E-state index contributed by atoms with van der Waals surface area (Å²) in [6.07, 6.45) is 4.08. The molecule has 0 bridgehead atoms. The fourth-order valence-electron chi connectivity index (χ4n) is 3.33. The molecule has 27 heavy (non-hydrogen) atoms. The molecule has 1 aliphatic rings. The Kier molecular flexibility index (Phi) is 4.69. The molecule has 3 aromatic rings. The van der Waals surface area contributed by atoms with Crippen LogP contribution in [0.3, 0.4) is 0 Å². The van der Waals surface area contributed by atoms with E-state index in [9.17, 15) is 4.79 Å². The van der Waals surface area contributed by atoms with E-state index in [2.05, 4.69) is 28.6 Å². The van der Waals surface area contributed by atoms with Crippen LogP contribution in [0.25, 0.3) is 11.1 Å². The summed E-state index contributed by atoms with van der Waals surface area (Å²) in [4.78, 5) is 11.6. The predicted molar refractivity (Wildman–Crippen MR) is 111 cm³/mol. The van der Waals surface area contributed by atoms with Gasteiger partial charge in [0.15, 0.2) is 5.78 Å². The molecule has 1 N–H and O–H groups in total. The molecule has 0 fully saturated rings. The minimum atomic E-state index is 0.0694. The van der Waals surface area contributed by atoms with Crippen LogP contribution in [-0.4, -0.2) is 5.78 Å². The lowest BCUT2D eigenvalue weighted by Gasteiger charge is -2.29. The summed E-state index contributed by atoms with van der Waals surface area (Å²) >= 11 is 6.04. The molecule has 0 saturated heterocycles. The molecule has 4 heteroatoms. The number of hydrogen-bond acceptors (Lipinski definition) is 3. The third-order valence-corrected chi connectivity index (χ3v) is 5.00. The number of halogens is 1. The van der Waals surface area contributed by atoms with Gasteiger partial charge in [-0.05, 0) is 42.3 Å². The molecule has 0 radical (unpaired) electrons. The van der Waals surface area contributed by atoms with Gasteiger partial charge >= 0.3 is 0 Å². The Bertz CT molecular complexity index is 994. The topological polar surface area (TPSA) is 32.3 Å². The van der Waals surface area contributed by atoms with Crippen LogP contribution < -0.4 is 10.4 Å². The Hall–Kier alpha value is -3.04. The van der Waals surface area contributed by atoms with E-state index in [1.54, 1.807) is 6.92 Å². The standard InChI is InChI=1S/C23H19ClN2O/c1-16(27)17-6-8-18(9-7-17)21-4-2-3-5-23(21)26-22(14-15-25-26)19-10-12-20(24)13-11-19/h2-15,22,25H,1H3. The maximum absolute atomic E-state index is 11.6. The van der Waals surface area contributed by atoms with Crippen LogP contribution in [0.1, 0.15) is 28.9 Å². The Morgan fingerprint density at radius 3 is 2.37 bits per heavy atom. The molecule has 1 unspecified atom stereocenters. The van der Waals surface area contributed by atoms with E-state index >= 15 is 0 Å². The highest BCUT2D eigenvalue weighted by atomic mass is 35.5. The van der Waals surface area contributed by atoms with Crippen molar-refractivity contribution in [1.82, 2.24) is 5.43 Å². The first kappa shape index (κ1) is 17.4. The number of ketones is 1. The molecule has 1 heterocycles. The third-order valence-electron chi connectivity index (χ3n) is 4.75. The first-order chi connectivity index (χ1) is 13.1. The van der Waals surface area contributed by atoms with Crippen LogP contribution in [0.2, 0.25) is 5.02 Å². The first-order valence-corrected chi connectivity index (χ1v) is 9.19. The molecule has 0 spiro atoms. The van der Waals surface area contributed by atoms with Crippen molar-refractivity contribution in [3.8, 4) is 11.1 Å². The predicted octanol–water partition coefficient (Wildman–Crippen LogP) is 5.79. The Morgan fingerprint density at radius 2 is 1.67 bits per heavy atom. The molecule has 4 rings (SSSR count). The van der Waals surface area contributed by atoms with Gasteiger partial charge in [-0.15, -0.1) is 0 Å². The monoisotopic (exact) mass is 374 g/mol. The zero-order chi connectivity index (χ0) is 18.8. The van der Waals surface area contributed by atoms with Gasteiger partial charge in [-0.25, -0.2) is 0 Å². The summed E-state index contributed by atoms with van der Waals surface area (Å²) < 4.78 is 0. The molecule has 1 aliphatic heterocycles. The highest BCUT2D eigenvalue weighted by molar-refractivity contribution is 6.30. The number of nitrogens with one attached hydrogen (secondary N) is 1. The average Bonchev–Trinajstić information content (AvgIpc) is 3.18. The van der Waals surface area contributed by atoms with E-state index in [-0.39, 0.29) is 11.8 Å². The van der Waals surface area contributed by atoms with E-state index < -0.39 is 0 Å². The molecule has 3 nitrogen and oxygen atoms in total. The molecule has 0 aromatic heterocycles. The summed E-state index contributed by atoms with van der Waals surface area (Å²) in [6, 6.07) is 24.0. The fraction of sp³-hybridized carbons (Fsp3) is 0.0870. The second-order valence-corrected chi connectivity index (χ2v) is 6.94. The summed E-state index contributed by atoms with van der Waals surface area (Å²) in [7, 11) is 0. The van der Waals surface area contributed by atoms with Crippen molar-refractivity contribution in [2.75, 3.05) is 5.01 Å². The maximum Gasteiger partial charge on any atom is 0.159 e. The minimum Gasteiger partial charge on any atom is -0.305 e. The molecular formula is C23H19ClN2O. The Balaban J connectivity index is 1.72. The average molecular weight is 375 g/mol. The molecule has 0 aliphatic carbocycles. The van der Waals surface area contributed by atoms with Crippen LogP contribution in [0.5, 0.6) is 0 Å². The normalized spacial score (nSPS) is 15.6. The second-order valence-electron chi connectivity index (χ2n) is 6.51. The van der Waals surface area contributed by atoms with Crippen molar-refractivity contribution in [1.29, 1.82) is 0 Å². The number of hydrogen-bond donors (Lipinski definition) is 1. The van der Waals surface area contributed by atoms with Crippen LogP contribution in [-0.2, 0) is 0 Å². The Morgan fingerprint density at radius 1 is 0.963 bits per heavy atom. The van der Waals surface area contributed by atoms with Crippen LogP contribution in [0.4, 0.5) is 5.69 Å². The molecule has 134 valence electrons. The van der Waals surface area contributed by atoms with Gasteiger partial charge in [-0.2, -0.15) is 0 Å². The van der Waals surface area contributed by atoms with Gasteiger partial charge < -0.3 is 5.43 Å². The van der Waals surface area contributed by atoms with Crippen molar-refractivity contribution in [2.24, 2.45) is 0 Å². The summed E-state index contributed by atoms with van der Waals surface area (Å²) in [5, 5.41) is 2.86.